The Labute approximate surface area is 276 Å². The van der Waals surface area contributed by atoms with Crippen LogP contribution in [0.15, 0.2) is 12.8 Å². The van der Waals surface area contributed by atoms with E-state index in [2.05, 4.69) is 79.5 Å². The zero-order valence-corrected chi connectivity index (χ0v) is 26.9. The Hall–Kier alpha value is -3.18. The van der Waals surface area contributed by atoms with E-state index in [1.54, 1.807) is 12.5 Å². The average Bonchev–Trinajstić information content (AvgIpc) is 3.07. The number of hydrogen-bond donors (Lipinski definition) is 13. The molecule has 3 rings (SSSR count). The van der Waals surface area contributed by atoms with Gasteiger partial charge in [-0.1, -0.05) is 24.4 Å². The third kappa shape index (κ3) is 12.7. The first-order valence-electron chi connectivity index (χ1n) is 15.1. The van der Waals surface area contributed by atoms with Crippen LogP contribution in [0.5, 0.6) is 0 Å². The van der Waals surface area contributed by atoms with Crippen molar-refractivity contribution in [1.82, 2.24) is 63.7 Å². The molecule has 0 aromatic carbocycles. The molecule has 15 N–H and O–H groups in total. The first-order chi connectivity index (χ1) is 23.1. The van der Waals surface area contributed by atoms with Gasteiger partial charge in [0.25, 0.3) is 0 Å². The predicted octanol–water partition coefficient (Wildman–Crippen LogP) is -6.65. The molecule has 0 spiro atoms. The molecule has 2 heterocycles. The predicted molar refractivity (Wildman–Crippen MR) is 161 cm³/mol. The van der Waals surface area contributed by atoms with E-state index in [-0.39, 0.29) is 18.2 Å². The molecule has 0 aromatic rings. The van der Waals surface area contributed by atoms with E-state index in [9.17, 15) is 19.2 Å². The van der Waals surface area contributed by atoms with Gasteiger partial charge in [0, 0.05) is 18.6 Å². The molecule has 24 heteroatoms. The summed E-state index contributed by atoms with van der Waals surface area (Å²) >= 11 is 0. The van der Waals surface area contributed by atoms with Crippen LogP contribution in [0.2, 0.25) is 0 Å². The number of amides is 1. The minimum absolute atomic E-state index is 0.0528. The van der Waals surface area contributed by atoms with E-state index in [0.717, 1.165) is 31.9 Å². The summed E-state index contributed by atoms with van der Waals surface area (Å²) < 4.78 is 5.82. The molecule has 0 aromatic heterocycles. The number of hydrogen-bond acceptors (Lipinski definition) is 23. The van der Waals surface area contributed by atoms with Crippen LogP contribution < -0.4 is 70.6 Å². The molecule has 1 amide bonds. The Kier molecular flexibility index (Phi) is 16.7. The third-order valence-corrected chi connectivity index (χ3v) is 7.34. The zero-order chi connectivity index (χ0) is 35.1. The summed E-state index contributed by atoms with van der Waals surface area (Å²) in [6.07, 6.45) is -0.830. The lowest BCUT2D eigenvalue weighted by Gasteiger charge is -2.46. The molecule has 2 aliphatic heterocycles. The van der Waals surface area contributed by atoms with E-state index >= 15 is 0 Å². The van der Waals surface area contributed by atoms with Gasteiger partial charge >= 0.3 is 23.8 Å². The molecule has 48 heavy (non-hydrogen) atoms. The number of carbonyl (C=O) groups is 4. The van der Waals surface area contributed by atoms with Crippen molar-refractivity contribution < 1.29 is 48.3 Å². The van der Waals surface area contributed by atoms with Crippen molar-refractivity contribution in [3.8, 4) is 0 Å². The zero-order valence-electron chi connectivity index (χ0n) is 26.9. The maximum Gasteiger partial charge on any atom is 0.417 e. The topological polar surface area (TPSA) is 311 Å². The number of likely N-dealkylation sites (N-methyl/N-ethyl adjacent to an activating group) is 1. The fourth-order valence-corrected chi connectivity index (χ4v) is 5.15. The summed E-state index contributed by atoms with van der Waals surface area (Å²) in [7, 11) is 5.46. The molecule has 9 unspecified atom stereocenters. The molecular weight excluding hydrogens is 644 g/mol. The highest BCUT2D eigenvalue weighted by Gasteiger charge is 2.37. The SMILES string of the molecule is C=COONC(=O)C(=O)ONC1NC(CNC)NC(NC2CCCCC2NC2NC(OC(CC(=O)ON)C(=O)ON)NC(N(C)C)N2)N1. The van der Waals surface area contributed by atoms with Crippen LogP contribution in [0.25, 0.3) is 0 Å². The molecule has 0 bridgehead atoms. The molecule has 24 nitrogen and oxygen atoms in total. The quantitative estimate of drug-likeness (QED) is 0.0221. The van der Waals surface area contributed by atoms with Crippen LogP contribution >= 0.6 is 0 Å². The van der Waals surface area contributed by atoms with Crippen LogP contribution in [0.3, 0.4) is 0 Å². The van der Waals surface area contributed by atoms with Gasteiger partial charge < -0.3 is 29.5 Å². The maximum atomic E-state index is 12.2. The number of nitrogens with zero attached hydrogens (tertiary/aromatic N) is 1. The third-order valence-electron chi connectivity index (χ3n) is 7.34. The lowest BCUT2D eigenvalue weighted by atomic mass is 9.90. The van der Waals surface area contributed by atoms with Crippen LogP contribution in [0.4, 0.5) is 0 Å². The summed E-state index contributed by atoms with van der Waals surface area (Å²) in [5, 5.41) is 29.7. The number of nitrogens with one attached hydrogen (secondary N) is 11. The smallest absolute Gasteiger partial charge is 0.373 e. The Bertz CT molecular complexity index is 1060. The van der Waals surface area contributed by atoms with E-state index in [1.807, 2.05) is 19.0 Å². The Morgan fingerprint density at radius 2 is 1.60 bits per heavy atom. The average molecular weight is 693 g/mol. The van der Waals surface area contributed by atoms with Crippen molar-refractivity contribution in [3.05, 3.63) is 12.8 Å². The number of nitrogens with two attached hydrogens (primary N) is 2. The van der Waals surface area contributed by atoms with E-state index < -0.39 is 67.9 Å². The van der Waals surface area contributed by atoms with Crippen LogP contribution in [-0.2, 0) is 48.3 Å². The normalized spacial score (nSPS) is 29.7. The molecule has 9 atom stereocenters. The van der Waals surface area contributed by atoms with Crippen LogP contribution in [0.1, 0.15) is 32.1 Å². The Morgan fingerprint density at radius 3 is 2.21 bits per heavy atom. The number of hydroxylamine groups is 2. The first kappa shape index (κ1) is 39.3. The van der Waals surface area contributed by atoms with Gasteiger partial charge in [-0.3, -0.25) is 57.0 Å². The van der Waals surface area contributed by atoms with Crippen molar-refractivity contribution in [3.63, 3.8) is 0 Å². The molecule has 3 fully saturated rings. The standard InChI is InChI=1S/C24H48N14O10/c1-5-43-48-36-17(40)19(42)47-37-22-31-15(11-27-2)30-20(32-22)28-12-8-6-7-9-13(12)29-21-33-23(38(3)4)35-24(34-21)44-14(18(41)46-26)10-16(39)45-25/h5,12-15,20-24,27-35,37H,1,6-11,25-26H2,2-4H3,(H,36,40). The van der Waals surface area contributed by atoms with Gasteiger partial charge in [-0.05, 0) is 34.0 Å². The minimum Gasteiger partial charge on any atom is -0.373 e. The van der Waals surface area contributed by atoms with Gasteiger partial charge in [-0.15, -0.1) is 5.48 Å². The molecule has 2 saturated heterocycles. The van der Waals surface area contributed by atoms with E-state index in [4.69, 9.17) is 21.4 Å². The van der Waals surface area contributed by atoms with Gasteiger partial charge in [0.15, 0.2) is 12.5 Å². The Morgan fingerprint density at radius 1 is 0.938 bits per heavy atom. The largest absolute Gasteiger partial charge is 0.417 e. The lowest BCUT2D eigenvalue weighted by molar-refractivity contribution is -0.288. The Balaban J connectivity index is 1.63. The summed E-state index contributed by atoms with van der Waals surface area (Å²) in [4.78, 5) is 71.6. The fourth-order valence-electron chi connectivity index (χ4n) is 5.15. The highest BCUT2D eigenvalue weighted by atomic mass is 17.3. The van der Waals surface area contributed by atoms with Crippen LogP contribution in [0, 0.1) is 0 Å². The molecular formula is C24H48N14O10. The first-order valence-corrected chi connectivity index (χ1v) is 15.1. The monoisotopic (exact) mass is 692 g/mol. The van der Waals surface area contributed by atoms with Gasteiger partial charge in [-0.25, -0.2) is 9.59 Å². The maximum absolute atomic E-state index is 12.2. The van der Waals surface area contributed by atoms with E-state index in [1.165, 1.54) is 0 Å². The second kappa shape index (κ2) is 20.4. The summed E-state index contributed by atoms with van der Waals surface area (Å²) in [5.74, 6) is 5.61. The second-order valence-electron chi connectivity index (χ2n) is 11.0. The summed E-state index contributed by atoms with van der Waals surface area (Å²) in [5.41, 5.74) is 4.23. The van der Waals surface area contributed by atoms with Crippen molar-refractivity contribution in [2.24, 2.45) is 11.8 Å². The van der Waals surface area contributed by atoms with Crippen molar-refractivity contribution in [1.29, 1.82) is 0 Å². The molecule has 274 valence electrons. The molecule has 3 aliphatic rings. The van der Waals surface area contributed by atoms with Gasteiger partial charge in [0.05, 0.1) is 12.6 Å². The lowest BCUT2D eigenvalue weighted by Crippen LogP contribution is -2.78. The van der Waals surface area contributed by atoms with E-state index in [0.29, 0.717) is 6.54 Å². The van der Waals surface area contributed by atoms with Gasteiger partial charge in [0.2, 0.25) is 0 Å². The second-order valence-corrected chi connectivity index (χ2v) is 11.0. The minimum atomic E-state index is -1.40. The highest BCUT2D eigenvalue weighted by molar-refractivity contribution is 6.32. The summed E-state index contributed by atoms with van der Waals surface area (Å²) in [6.45, 7) is 3.73. The van der Waals surface area contributed by atoms with Crippen LogP contribution in [-0.4, -0.2) is 112 Å². The fraction of sp³-hybridized carbons (Fsp3) is 0.750. The van der Waals surface area contributed by atoms with Crippen molar-refractivity contribution >= 4 is 23.8 Å². The molecule has 1 saturated carbocycles. The molecule has 0 radical (unpaired) electrons. The van der Waals surface area contributed by atoms with Gasteiger partial charge in [-0.2, -0.15) is 17.3 Å². The highest BCUT2D eigenvalue weighted by Crippen LogP contribution is 2.20. The van der Waals surface area contributed by atoms with Crippen molar-refractivity contribution in [2.45, 2.75) is 88.0 Å². The van der Waals surface area contributed by atoms with Crippen molar-refractivity contribution in [2.75, 3.05) is 27.7 Å². The number of rotatable bonds is 17. The summed E-state index contributed by atoms with van der Waals surface area (Å²) in [6, 6.07) is -0.114. The number of carbonyl (C=O) groups excluding carboxylic acids is 4. The number of ether oxygens (including phenoxy) is 1. The molecule has 1 aliphatic carbocycles. The van der Waals surface area contributed by atoms with Gasteiger partial charge in [0.1, 0.15) is 31.4 Å².